The van der Waals surface area contributed by atoms with E-state index >= 15 is 0 Å². The van der Waals surface area contributed by atoms with Crippen molar-refractivity contribution in [2.75, 3.05) is 7.11 Å². The monoisotopic (exact) mass is 313 g/mol. The van der Waals surface area contributed by atoms with Crippen molar-refractivity contribution in [3.63, 3.8) is 0 Å². The van der Waals surface area contributed by atoms with E-state index in [2.05, 4.69) is 27.3 Å². The van der Waals surface area contributed by atoms with Crippen LogP contribution in [-0.2, 0) is 6.54 Å². The lowest BCUT2D eigenvalue weighted by atomic mass is 9.92. The molecule has 1 aromatic rings. The number of ether oxygens (including phenoxy) is 1. The lowest BCUT2D eigenvalue weighted by molar-refractivity contribution is 0.0902. The minimum absolute atomic E-state index is 0.194. The van der Waals surface area contributed by atoms with Gasteiger partial charge in [-0.1, -0.05) is 18.9 Å². The van der Waals surface area contributed by atoms with E-state index < -0.39 is 0 Å². The quantitative estimate of drug-likeness (QED) is 0.898. The molecular formula is C14H20BrNO2. The Morgan fingerprint density at radius 2 is 2.17 bits per heavy atom. The second-order valence-corrected chi connectivity index (χ2v) is 5.66. The molecule has 3 nitrogen and oxygen atoms in total. The molecule has 2 N–H and O–H groups in total. The Balaban J connectivity index is 1.91. The molecule has 2 rings (SSSR count). The molecule has 0 amide bonds. The molecule has 18 heavy (non-hydrogen) atoms. The smallest absolute Gasteiger partial charge is 0.133 e. The molecular weight excluding hydrogens is 294 g/mol. The summed E-state index contributed by atoms with van der Waals surface area (Å²) in [5, 5.41) is 13.3. The molecule has 2 atom stereocenters. The molecule has 1 saturated carbocycles. The first-order valence-corrected chi connectivity index (χ1v) is 7.24. The van der Waals surface area contributed by atoms with Crippen molar-refractivity contribution in [3.8, 4) is 5.75 Å². The zero-order valence-corrected chi connectivity index (χ0v) is 12.2. The van der Waals surface area contributed by atoms with Crippen LogP contribution < -0.4 is 10.1 Å². The van der Waals surface area contributed by atoms with Gasteiger partial charge in [0.2, 0.25) is 0 Å². The number of benzene rings is 1. The summed E-state index contributed by atoms with van der Waals surface area (Å²) in [5.41, 5.74) is 1.19. The number of rotatable bonds is 4. The van der Waals surface area contributed by atoms with Crippen LogP contribution in [0.3, 0.4) is 0 Å². The van der Waals surface area contributed by atoms with E-state index in [0.717, 1.165) is 36.0 Å². The largest absolute Gasteiger partial charge is 0.496 e. The average Bonchev–Trinajstić information content (AvgIpc) is 2.38. The van der Waals surface area contributed by atoms with Crippen molar-refractivity contribution in [1.29, 1.82) is 0 Å². The molecule has 0 aromatic heterocycles. The van der Waals surface area contributed by atoms with Crippen LogP contribution >= 0.6 is 15.9 Å². The third-order valence-corrected chi connectivity index (χ3v) is 4.13. The highest BCUT2D eigenvalue weighted by atomic mass is 79.9. The van der Waals surface area contributed by atoms with Gasteiger partial charge in [-0.15, -0.1) is 0 Å². The molecule has 1 aliphatic rings. The fourth-order valence-corrected chi connectivity index (χ4v) is 3.01. The fraction of sp³-hybridized carbons (Fsp3) is 0.571. The van der Waals surface area contributed by atoms with Gasteiger partial charge in [0, 0.05) is 12.6 Å². The van der Waals surface area contributed by atoms with E-state index in [9.17, 15) is 5.11 Å². The maximum atomic E-state index is 9.89. The SMILES string of the molecule is COc1ccc(CNC2CCCCC2O)cc1Br. The maximum absolute atomic E-state index is 9.89. The third-order valence-electron chi connectivity index (χ3n) is 3.51. The highest BCUT2D eigenvalue weighted by molar-refractivity contribution is 9.10. The second-order valence-electron chi connectivity index (χ2n) is 4.81. The molecule has 0 aliphatic heterocycles. The van der Waals surface area contributed by atoms with Gasteiger partial charge < -0.3 is 15.2 Å². The van der Waals surface area contributed by atoms with Crippen molar-refractivity contribution in [2.24, 2.45) is 0 Å². The molecule has 2 unspecified atom stereocenters. The molecule has 0 spiro atoms. The van der Waals surface area contributed by atoms with Crippen LogP contribution in [0.1, 0.15) is 31.2 Å². The molecule has 0 radical (unpaired) electrons. The number of hydrogen-bond acceptors (Lipinski definition) is 3. The van der Waals surface area contributed by atoms with Gasteiger partial charge in [-0.3, -0.25) is 0 Å². The fourth-order valence-electron chi connectivity index (χ4n) is 2.42. The summed E-state index contributed by atoms with van der Waals surface area (Å²) < 4.78 is 6.17. The number of hydrogen-bond donors (Lipinski definition) is 2. The summed E-state index contributed by atoms with van der Waals surface area (Å²) in [6.07, 6.45) is 4.15. The van der Waals surface area contributed by atoms with E-state index in [-0.39, 0.29) is 12.1 Å². The van der Waals surface area contributed by atoms with E-state index in [4.69, 9.17) is 4.74 Å². The first kappa shape index (κ1) is 13.8. The van der Waals surface area contributed by atoms with E-state index in [0.29, 0.717) is 0 Å². The van der Waals surface area contributed by atoms with Gasteiger partial charge in [0.1, 0.15) is 5.75 Å². The number of aliphatic hydroxyl groups excluding tert-OH is 1. The lowest BCUT2D eigenvalue weighted by Gasteiger charge is -2.28. The van der Waals surface area contributed by atoms with Crippen LogP contribution in [0, 0.1) is 0 Å². The Labute approximate surface area is 117 Å². The second kappa shape index (κ2) is 6.55. The van der Waals surface area contributed by atoms with Crippen LogP contribution in [0.2, 0.25) is 0 Å². The van der Waals surface area contributed by atoms with Gasteiger partial charge in [0.25, 0.3) is 0 Å². The van der Waals surface area contributed by atoms with Crippen LogP contribution in [0.15, 0.2) is 22.7 Å². The van der Waals surface area contributed by atoms with Gasteiger partial charge in [0.05, 0.1) is 17.7 Å². The Morgan fingerprint density at radius 3 is 2.83 bits per heavy atom. The van der Waals surface area contributed by atoms with E-state index in [1.54, 1.807) is 7.11 Å². The summed E-state index contributed by atoms with van der Waals surface area (Å²) in [6.45, 7) is 0.782. The summed E-state index contributed by atoms with van der Waals surface area (Å²) >= 11 is 3.48. The van der Waals surface area contributed by atoms with Gasteiger partial charge >= 0.3 is 0 Å². The number of halogens is 1. The molecule has 0 heterocycles. The molecule has 100 valence electrons. The van der Waals surface area contributed by atoms with Crippen LogP contribution in [-0.4, -0.2) is 24.4 Å². The van der Waals surface area contributed by atoms with E-state index in [1.165, 1.54) is 12.0 Å². The summed E-state index contributed by atoms with van der Waals surface area (Å²) in [4.78, 5) is 0. The molecule has 1 fully saturated rings. The Kier molecular flexibility index (Phi) is 5.03. The van der Waals surface area contributed by atoms with Crippen LogP contribution in [0.5, 0.6) is 5.75 Å². The van der Waals surface area contributed by atoms with Gasteiger partial charge in [-0.05, 0) is 46.5 Å². The van der Waals surface area contributed by atoms with Crippen LogP contribution in [0.25, 0.3) is 0 Å². The van der Waals surface area contributed by atoms with Gasteiger partial charge in [-0.25, -0.2) is 0 Å². The Hall–Kier alpha value is -0.580. The Bertz CT molecular complexity index is 397. The highest BCUT2D eigenvalue weighted by Crippen LogP contribution is 2.26. The highest BCUT2D eigenvalue weighted by Gasteiger charge is 2.22. The number of nitrogens with one attached hydrogen (secondary N) is 1. The minimum Gasteiger partial charge on any atom is -0.496 e. The Morgan fingerprint density at radius 1 is 1.39 bits per heavy atom. The predicted octanol–water partition coefficient (Wildman–Crippen LogP) is 2.85. The molecule has 4 heteroatoms. The summed E-state index contributed by atoms with van der Waals surface area (Å²) in [5.74, 6) is 0.844. The summed E-state index contributed by atoms with van der Waals surface area (Å²) in [6, 6.07) is 6.30. The number of aliphatic hydroxyl groups is 1. The standard InChI is InChI=1S/C14H20BrNO2/c1-18-14-7-6-10(8-11(14)15)9-16-12-4-2-3-5-13(12)17/h6-8,12-13,16-17H,2-5,9H2,1H3. The minimum atomic E-state index is -0.194. The molecule has 1 aromatic carbocycles. The first-order chi connectivity index (χ1) is 8.70. The normalized spacial score (nSPS) is 23.9. The topological polar surface area (TPSA) is 41.5 Å². The van der Waals surface area contributed by atoms with Crippen LogP contribution in [0.4, 0.5) is 0 Å². The predicted molar refractivity (Wildman–Crippen MR) is 75.8 cm³/mol. The zero-order chi connectivity index (χ0) is 13.0. The lowest BCUT2D eigenvalue weighted by Crippen LogP contribution is -2.41. The van der Waals surface area contributed by atoms with Crippen molar-refractivity contribution >= 4 is 15.9 Å². The van der Waals surface area contributed by atoms with E-state index in [1.807, 2.05) is 12.1 Å². The molecule has 0 saturated heterocycles. The van der Waals surface area contributed by atoms with Crippen molar-refractivity contribution in [3.05, 3.63) is 28.2 Å². The maximum Gasteiger partial charge on any atom is 0.133 e. The van der Waals surface area contributed by atoms with Crippen molar-refractivity contribution < 1.29 is 9.84 Å². The number of methoxy groups -OCH3 is 1. The molecule has 1 aliphatic carbocycles. The van der Waals surface area contributed by atoms with Crippen molar-refractivity contribution in [1.82, 2.24) is 5.32 Å². The molecule has 0 bridgehead atoms. The zero-order valence-electron chi connectivity index (χ0n) is 10.7. The van der Waals surface area contributed by atoms with Crippen molar-refractivity contribution in [2.45, 2.75) is 44.4 Å². The summed E-state index contributed by atoms with van der Waals surface area (Å²) in [7, 11) is 1.66. The van der Waals surface area contributed by atoms with Gasteiger partial charge in [-0.2, -0.15) is 0 Å². The first-order valence-electron chi connectivity index (χ1n) is 6.44. The third kappa shape index (κ3) is 3.46. The van der Waals surface area contributed by atoms with Gasteiger partial charge in [0.15, 0.2) is 0 Å². The average molecular weight is 314 g/mol.